The normalized spacial score (nSPS) is 10.5. The topological polar surface area (TPSA) is 17.1 Å². The molecule has 1 unspecified atom stereocenters. The second kappa shape index (κ2) is 5.75. The molecule has 0 aliphatic rings. The van der Waals surface area contributed by atoms with E-state index in [1.54, 1.807) is 0 Å². The lowest BCUT2D eigenvalue weighted by atomic mass is 9.88. The first-order valence-electron chi connectivity index (χ1n) is 5.65. The Bertz CT molecular complexity index is 439. The molecule has 0 aliphatic heterocycles. The minimum Gasteiger partial charge on any atom is -0.298 e. The summed E-state index contributed by atoms with van der Waals surface area (Å²) in [5.74, 6) is 0.0855. The molecule has 0 bridgehead atoms. The Morgan fingerprint density at radius 1 is 0.882 bits per heavy atom. The van der Waals surface area contributed by atoms with Crippen LogP contribution in [0, 0.1) is 0 Å². The maximum atomic E-state index is 12.1. The predicted molar refractivity (Wildman–Crippen MR) is 74.3 cm³/mol. The van der Waals surface area contributed by atoms with Crippen molar-refractivity contribution in [2.75, 3.05) is 6.16 Å². The first kappa shape index (κ1) is 12.0. The van der Waals surface area contributed by atoms with Crippen LogP contribution in [-0.2, 0) is 4.79 Å². The smallest absolute Gasteiger partial charge is 0.148 e. The second-order valence-corrected chi connectivity index (χ2v) is 4.33. The molecule has 1 nitrogen and oxygen atoms in total. The van der Waals surface area contributed by atoms with Crippen LogP contribution in [0.4, 0.5) is 0 Å². The Labute approximate surface area is 104 Å². The number of hydrogen-bond donors (Lipinski definition) is 0. The SMILES string of the molecule is O=C(CP)C(c1ccccc1)c1ccccc1. The summed E-state index contributed by atoms with van der Waals surface area (Å²) in [6.07, 6.45) is 0.481. The van der Waals surface area contributed by atoms with Crippen molar-refractivity contribution in [3.05, 3.63) is 71.8 Å². The average molecular weight is 242 g/mol. The number of Topliss-reactive ketones (excluding diaryl/α,β-unsaturated/α-hetero) is 1. The van der Waals surface area contributed by atoms with Gasteiger partial charge in [-0.05, 0) is 11.1 Å². The summed E-state index contributed by atoms with van der Waals surface area (Å²) in [7, 11) is 2.51. The molecule has 2 aromatic rings. The molecule has 0 spiro atoms. The van der Waals surface area contributed by atoms with Crippen LogP contribution in [0.25, 0.3) is 0 Å². The van der Waals surface area contributed by atoms with E-state index >= 15 is 0 Å². The fourth-order valence-corrected chi connectivity index (χ4v) is 2.21. The van der Waals surface area contributed by atoms with E-state index in [2.05, 4.69) is 9.24 Å². The van der Waals surface area contributed by atoms with Crippen molar-refractivity contribution >= 4 is 15.0 Å². The van der Waals surface area contributed by atoms with Gasteiger partial charge in [0.15, 0.2) is 0 Å². The molecule has 1 atom stereocenters. The van der Waals surface area contributed by atoms with Crippen LogP contribution < -0.4 is 0 Å². The number of ketones is 1. The van der Waals surface area contributed by atoms with Gasteiger partial charge >= 0.3 is 0 Å². The first-order chi connectivity index (χ1) is 8.33. The minimum absolute atomic E-state index is 0.144. The minimum atomic E-state index is -0.144. The molecule has 2 rings (SSSR count). The van der Waals surface area contributed by atoms with Crippen molar-refractivity contribution in [2.24, 2.45) is 0 Å². The van der Waals surface area contributed by atoms with E-state index in [1.807, 2.05) is 60.7 Å². The number of carbonyl (C=O) groups excluding carboxylic acids is 1. The van der Waals surface area contributed by atoms with Gasteiger partial charge in [-0.1, -0.05) is 60.7 Å². The fraction of sp³-hybridized carbons (Fsp3) is 0.133. The molecule has 86 valence electrons. The first-order valence-corrected chi connectivity index (χ1v) is 6.47. The molecule has 0 saturated carbocycles. The van der Waals surface area contributed by atoms with Crippen molar-refractivity contribution < 1.29 is 4.79 Å². The molecular formula is C15H15OP. The van der Waals surface area contributed by atoms with E-state index < -0.39 is 0 Å². The summed E-state index contributed by atoms with van der Waals surface area (Å²) < 4.78 is 0. The highest BCUT2D eigenvalue weighted by atomic mass is 31.0. The van der Waals surface area contributed by atoms with Crippen molar-refractivity contribution in [3.8, 4) is 0 Å². The van der Waals surface area contributed by atoms with Gasteiger partial charge in [-0.15, -0.1) is 9.24 Å². The summed E-state index contributed by atoms with van der Waals surface area (Å²) in [6, 6.07) is 19.9. The zero-order valence-corrected chi connectivity index (χ0v) is 10.7. The Morgan fingerprint density at radius 3 is 1.65 bits per heavy atom. The van der Waals surface area contributed by atoms with Gasteiger partial charge in [0.25, 0.3) is 0 Å². The molecule has 0 saturated heterocycles. The summed E-state index contributed by atoms with van der Waals surface area (Å²) in [6.45, 7) is 0. The maximum absolute atomic E-state index is 12.1. The Balaban J connectivity index is 2.43. The highest BCUT2D eigenvalue weighted by Gasteiger charge is 2.20. The standard InChI is InChI=1S/C15H15OP/c16-14(11-17)15(12-7-3-1-4-8-12)13-9-5-2-6-10-13/h1-10,15H,11,17H2. The van der Waals surface area contributed by atoms with Crippen molar-refractivity contribution in [2.45, 2.75) is 5.92 Å². The largest absolute Gasteiger partial charge is 0.298 e. The van der Waals surface area contributed by atoms with Crippen molar-refractivity contribution in [3.63, 3.8) is 0 Å². The molecule has 0 N–H and O–H groups in total. The third-order valence-corrected chi connectivity index (χ3v) is 3.19. The molecule has 0 radical (unpaired) electrons. The summed E-state index contributed by atoms with van der Waals surface area (Å²) in [5.41, 5.74) is 2.12. The van der Waals surface area contributed by atoms with Gasteiger partial charge in [0.2, 0.25) is 0 Å². The Kier molecular flexibility index (Phi) is 4.06. The zero-order valence-electron chi connectivity index (χ0n) is 9.54. The number of rotatable bonds is 4. The second-order valence-electron chi connectivity index (χ2n) is 3.92. The number of hydrogen-bond acceptors (Lipinski definition) is 1. The lowest BCUT2D eigenvalue weighted by Gasteiger charge is -2.15. The number of carbonyl (C=O) groups is 1. The quantitative estimate of drug-likeness (QED) is 0.752. The third kappa shape index (κ3) is 2.81. The van der Waals surface area contributed by atoms with Crippen LogP contribution in [-0.4, -0.2) is 11.9 Å². The average Bonchev–Trinajstić information content (AvgIpc) is 2.41. The van der Waals surface area contributed by atoms with E-state index in [4.69, 9.17) is 0 Å². The Hall–Kier alpha value is -1.46. The third-order valence-electron chi connectivity index (χ3n) is 2.79. The summed E-state index contributed by atoms with van der Waals surface area (Å²) in [5, 5.41) is 0. The van der Waals surface area contributed by atoms with Gasteiger partial charge in [0, 0.05) is 6.16 Å². The molecule has 2 heteroatoms. The highest BCUT2D eigenvalue weighted by Crippen LogP contribution is 2.25. The number of benzene rings is 2. The molecule has 17 heavy (non-hydrogen) atoms. The van der Waals surface area contributed by atoms with Crippen LogP contribution in [0.15, 0.2) is 60.7 Å². The van der Waals surface area contributed by atoms with Crippen molar-refractivity contribution in [1.29, 1.82) is 0 Å². The summed E-state index contributed by atoms with van der Waals surface area (Å²) in [4.78, 5) is 12.1. The van der Waals surface area contributed by atoms with Crippen LogP contribution in [0.5, 0.6) is 0 Å². The van der Waals surface area contributed by atoms with E-state index in [-0.39, 0.29) is 11.7 Å². The van der Waals surface area contributed by atoms with Crippen LogP contribution in [0.3, 0.4) is 0 Å². The van der Waals surface area contributed by atoms with E-state index in [0.29, 0.717) is 6.16 Å². The molecule has 0 fully saturated rings. The molecule has 0 aromatic heterocycles. The monoisotopic (exact) mass is 242 g/mol. The van der Waals surface area contributed by atoms with E-state index in [1.165, 1.54) is 0 Å². The fourth-order valence-electron chi connectivity index (χ4n) is 1.97. The summed E-state index contributed by atoms with van der Waals surface area (Å²) >= 11 is 0. The molecule has 0 amide bonds. The molecule has 2 aromatic carbocycles. The van der Waals surface area contributed by atoms with E-state index in [9.17, 15) is 4.79 Å². The lowest BCUT2D eigenvalue weighted by molar-refractivity contribution is -0.117. The molecular weight excluding hydrogens is 227 g/mol. The zero-order chi connectivity index (χ0) is 12.1. The van der Waals surface area contributed by atoms with Crippen LogP contribution in [0.1, 0.15) is 17.0 Å². The van der Waals surface area contributed by atoms with Crippen molar-refractivity contribution in [1.82, 2.24) is 0 Å². The molecule has 0 heterocycles. The lowest BCUT2D eigenvalue weighted by Crippen LogP contribution is -2.14. The van der Waals surface area contributed by atoms with Gasteiger partial charge < -0.3 is 0 Å². The predicted octanol–water partition coefficient (Wildman–Crippen LogP) is 3.26. The Morgan fingerprint density at radius 2 is 1.29 bits per heavy atom. The van der Waals surface area contributed by atoms with Gasteiger partial charge in [0.1, 0.15) is 5.78 Å². The van der Waals surface area contributed by atoms with Gasteiger partial charge in [0.05, 0.1) is 5.92 Å². The maximum Gasteiger partial charge on any atom is 0.148 e. The van der Waals surface area contributed by atoms with E-state index in [0.717, 1.165) is 11.1 Å². The molecule has 0 aliphatic carbocycles. The van der Waals surface area contributed by atoms with Gasteiger partial charge in [-0.3, -0.25) is 4.79 Å². The van der Waals surface area contributed by atoms with Crippen LogP contribution >= 0.6 is 9.24 Å². The van der Waals surface area contributed by atoms with Gasteiger partial charge in [-0.2, -0.15) is 0 Å². The van der Waals surface area contributed by atoms with Gasteiger partial charge in [-0.25, -0.2) is 0 Å². The highest BCUT2D eigenvalue weighted by molar-refractivity contribution is 7.18. The van der Waals surface area contributed by atoms with Crippen LogP contribution in [0.2, 0.25) is 0 Å².